The van der Waals surface area contributed by atoms with Crippen LogP contribution in [0.15, 0.2) is 9.52 Å². The molecule has 14 nitrogen and oxygen atoms in total. The molecule has 0 saturated carbocycles. The van der Waals surface area contributed by atoms with Crippen molar-refractivity contribution in [3.63, 3.8) is 0 Å². The van der Waals surface area contributed by atoms with Crippen molar-refractivity contribution < 1.29 is 24.0 Å². The average Bonchev–Trinajstić information content (AvgIpc) is 3.11. The molecule has 0 spiro atoms. The van der Waals surface area contributed by atoms with Crippen LogP contribution in [0.25, 0.3) is 0 Å². The molecule has 0 aliphatic heterocycles. The van der Waals surface area contributed by atoms with E-state index in [4.69, 9.17) is 27.5 Å². The lowest BCUT2D eigenvalue weighted by atomic mass is 10.1. The van der Waals surface area contributed by atoms with Gasteiger partial charge in [0.25, 0.3) is 0 Å². The molecule has 0 saturated heterocycles. The predicted molar refractivity (Wildman–Crippen MR) is 106 cm³/mol. The largest absolute Gasteiger partial charge is 0.391 e. The summed E-state index contributed by atoms with van der Waals surface area (Å²) in [7, 11) is 0. The SMILES string of the molecule is CC(=O)[C@@H](NC(=O)N[C@@H](CC(N)=O)c1nc([C@@H](N)CCCN=C(N)N)no1)C(C)O. The van der Waals surface area contributed by atoms with Crippen LogP contribution in [0.3, 0.4) is 0 Å². The van der Waals surface area contributed by atoms with Gasteiger partial charge in [0.1, 0.15) is 12.1 Å². The van der Waals surface area contributed by atoms with E-state index in [1.807, 2.05) is 0 Å². The molecule has 0 radical (unpaired) electrons. The van der Waals surface area contributed by atoms with Crippen LogP contribution in [0.4, 0.5) is 4.79 Å². The Labute approximate surface area is 172 Å². The lowest BCUT2D eigenvalue weighted by Crippen LogP contribution is -2.51. The summed E-state index contributed by atoms with van der Waals surface area (Å²) < 4.78 is 5.12. The molecular weight excluding hydrogens is 398 g/mol. The van der Waals surface area contributed by atoms with Gasteiger partial charge in [-0.1, -0.05) is 5.16 Å². The van der Waals surface area contributed by atoms with Crippen molar-refractivity contribution in [3.8, 4) is 0 Å². The molecule has 168 valence electrons. The molecule has 1 aromatic heterocycles. The van der Waals surface area contributed by atoms with Crippen LogP contribution in [0.5, 0.6) is 0 Å². The van der Waals surface area contributed by atoms with E-state index in [2.05, 4.69) is 25.8 Å². The number of hydrogen-bond donors (Lipinski definition) is 7. The third kappa shape index (κ3) is 8.40. The van der Waals surface area contributed by atoms with Crippen LogP contribution < -0.4 is 33.6 Å². The number of rotatable bonds is 12. The predicted octanol–water partition coefficient (Wildman–Crippen LogP) is -2.32. The van der Waals surface area contributed by atoms with E-state index < -0.39 is 42.0 Å². The summed E-state index contributed by atoms with van der Waals surface area (Å²) in [5, 5.41) is 18.1. The van der Waals surface area contributed by atoms with E-state index in [1.54, 1.807) is 0 Å². The number of carbonyl (C=O) groups excluding carboxylic acids is 3. The molecule has 0 bridgehead atoms. The van der Waals surface area contributed by atoms with Crippen LogP contribution in [-0.2, 0) is 9.59 Å². The molecule has 11 N–H and O–H groups in total. The number of nitrogens with one attached hydrogen (secondary N) is 2. The zero-order valence-electron chi connectivity index (χ0n) is 16.9. The molecule has 1 heterocycles. The lowest BCUT2D eigenvalue weighted by molar-refractivity contribution is -0.121. The topological polar surface area (TPSA) is 251 Å². The third-order valence-corrected chi connectivity index (χ3v) is 3.97. The van der Waals surface area contributed by atoms with Gasteiger partial charge in [-0.15, -0.1) is 0 Å². The fourth-order valence-corrected chi connectivity index (χ4v) is 2.49. The van der Waals surface area contributed by atoms with Gasteiger partial charge >= 0.3 is 6.03 Å². The Balaban J connectivity index is 2.82. The maximum absolute atomic E-state index is 12.2. The number of hydrogen-bond acceptors (Lipinski definition) is 9. The molecule has 4 atom stereocenters. The number of primary amides is 1. The first-order valence-corrected chi connectivity index (χ1v) is 9.19. The van der Waals surface area contributed by atoms with Crippen LogP contribution in [0.2, 0.25) is 0 Å². The number of ketones is 1. The monoisotopic (exact) mass is 427 g/mol. The number of carbonyl (C=O) groups is 3. The molecule has 1 unspecified atom stereocenters. The molecule has 30 heavy (non-hydrogen) atoms. The number of amides is 3. The van der Waals surface area contributed by atoms with Gasteiger partial charge in [-0.2, -0.15) is 4.98 Å². The molecule has 0 aliphatic carbocycles. The molecule has 3 amide bonds. The van der Waals surface area contributed by atoms with Crippen molar-refractivity contribution in [2.75, 3.05) is 6.54 Å². The minimum absolute atomic E-state index is 0.0216. The smallest absolute Gasteiger partial charge is 0.316 e. The van der Waals surface area contributed by atoms with E-state index in [0.717, 1.165) is 0 Å². The average molecular weight is 427 g/mol. The number of aliphatic hydroxyl groups is 1. The van der Waals surface area contributed by atoms with E-state index in [9.17, 15) is 19.5 Å². The highest BCUT2D eigenvalue weighted by Gasteiger charge is 2.27. The first-order valence-electron chi connectivity index (χ1n) is 9.19. The number of aliphatic hydroxyl groups excluding tert-OH is 1. The Morgan fingerprint density at radius 3 is 2.43 bits per heavy atom. The Bertz CT molecular complexity index is 760. The summed E-state index contributed by atoms with van der Waals surface area (Å²) in [4.78, 5) is 43.1. The van der Waals surface area contributed by atoms with Crippen molar-refractivity contribution in [2.45, 2.75) is 57.3 Å². The number of urea groups is 1. The quantitative estimate of drug-likeness (QED) is 0.106. The van der Waals surface area contributed by atoms with Crippen LogP contribution >= 0.6 is 0 Å². The Morgan fingerprint density at radius 2 is 1.90 bits per heavy atom. The van der Waals surface area contributed by atoms with Gasteiger partial charge in [0.2, 0.25) is 11.8 Å². The Kier molecular flexibility index (Phi) is 9.64. The van der Waals surface area contributed by atoms with Gasteiger partial charge in [0, 0.05) is 6.54 Å². The molecular formula is C16H29N9O5. The molecule has 0 aromatic carbocycles. The number of nitrogens with zero attached hydrogens (tertiary/aromatic N) is 3. The van der Waals surface area contributed by atoms with Gasteiger partial charge in [-0.3, -0.25) is 14.6 Å². The van der Waals surface area contributed by atoms with E-state index >= 15 is 0 Å². The first kappa shape index (κ1) is 24.8. The van der Waals surface area contributed by atoms with Crippen molar-refractivity contribution in [1.29, 1.82) is 0 Å². The zero-order valence-corrected chi connectivity index (χ0v) is 16.9. The maximum Gasteiger partial charge on any atom is 0.316 e. The lowest BCUT2D eigenvalue weighted by Gasteiger charge is -2.20. The fraction of sp³-hybridized carbons (Fsp3) is 0.625. The summed E-state index contributed by atoms with van der Waals surface area (Å²) in [5.41, 5.74) is 21.7. The summed E-state index contributed by atoms with van der Waals surface area (Å²) in [6, 6.07) is -3.60. The van der Waals surface area contributed by atoms with Gasteiger partial charge < -0.3 is 43.2 Å². The highest BCUT2D eigenvalue weighted by molar-refractivity contribution is 5.87. The van der Waals surface area contributed by atoms with Crippen molar-refractivity contribution in [3.05, 3.63) is 11.7 Å². The van der Waals surface area contributed by atoms with Crippen molar-refractivity contribution in [1.82, 2.24) is 20.8 Å². The van der Waals surface area contributed by atoms with Crippen molar-refractivity contribution in [2.24, 2.45) is 27.9 Å². The molecule has 14 heteroatoms. The third-order valence-electron chi connectivity index (χ3n) is 3.97. The highest BCUT2D eigenvalue weighted by atomic mass is 16.5. The summed E-state index contributed by atoms with van der Waals surface area (Å²) in [6.45, 7) is 2.96. The standard InChI is InChI=1S/C16H29N9O5/c1-7(26)12(8(2)27)23-16(29)22-10(6-11(18)28)14-24-13(25-30-14)9(17)4-3-5-21-15(19)20/h7,9-10,12,26H,3-6,17H2,1-2H3,(H2,18,28)(H4,19,20,21)(H2,22,23,29)/t7?,9-,10-,12-/m0/s1. The number of aliphatic imine (C=N–C) groups is 1. The second kappa shape index (κ2) is 11.7. The normalized spacial score (nSPS) is 14.8. The molecule has 1 rings (SSSR count). The number of guanidine groups is 1. The minimum Gasteiger partial charge on any atom is -0.391 e. The zero-order chi connectivity index (χ0) is 22.8. The summed E-state index contributed by atoms with van der Waals surface area (Å²) in [5.74, 6) is -1.13. The van der Waals surface area contributed by atoms with Gasteiger partial charge in [0.15, 0.2) is 17.6 Å². The summed E-state index contributed by atoms with van der Waals surface area (Å²) in [6.07, 6.45) is -0.428. The molecule has 0 aliphatic rings. The highest BCUT2D eigenvalue weighted by Crippen LogP contribution is 2.18. The van der Waals surface area contributed by atoms with Crippen LogP contribution in [0, 0.1) is 0 Å². The van der Waals surface area contributed by atoms with Crippen LogP contribution in [0.1, 0.15) is 56.9 Å². The molecule has 0 fully saturated rings. The van der Waals surface area contributed by atoms with E-state index in [-0.39, 0.29) is 24.1 Å². The second-order valence-corrected chi connectivity index (χ2v) is 6.72. The van der Waals surface area contributed by atoms with Gasteiger partial charge in [-0.05, 0) is 26.7 Å². The number of aromatic nitrogens is 2. The van der Waals surface area contributed by atoms with Gasteiger partial charge in [0.05, 0.1) is 18.6 Å². The summed E-state index contributed by atoms with van der Waals surface area (Å²) >= 11 is 0. The Hall–Kier alpha value is -3.26. The van der Waals surface area contributed by atoms with E-state index in [1.165, 1.54) is 13.8 Å². The second-order valence-electron chi connectivity index (χ2n) is 6.72. The first-order chi connectivity index (χ1) is 14.0. The maximum atomic E-state index is 12.2. The van der Waals surface area contributed by atoms with Gasteiger partial charge in [-0.25, -0.2) is 4.79 Å². The Morgan fingerprint density at radius 1 is 1.23 bits per heavy atom. The minimum atomic E-state index is -1.13. The number of Topliss-reactive ketones (excluding diaryl/α,β-unsaturated/α-hetero) is 1. The fourth-order valence-electron chi connectivity index (χ4n) is 2.49. The van der Waals surface area contributed by atoms with Crippen molar-refractivity contribution >= 4 is 23.7 Å². The van der Waals surface area contributed by atoms with E-state index in [0.29, 0.717) is 19.4 Å². The number of nitrogens with two attached hydrogens (primary N) is 4. The molecule has 1 aromatic rings. The van der Waals surface area contributed by atoms with Crippen LogP contribution in [-0.4, -0.2) is 57.6 Å².